The SMILES string of the molecule is CCS(=O)(=O)c1ccc(CNc2nc3cnc(-c4c(C5CC5)ncnc4C4CC4)nc3n(C3CCOC3)c2=O)nc1. The van der Waals surface area contributed by atoms with Gasteiger partial charge in [0.15, 0.2) is 27.1 Å². The lowest BCUT2D eigenvalue weighted by molar-refractivity contribution is 0.186. The van der Waals surface area contributed by atoms with Crippen LogP contribution in [0.5, 0.6) is 0 Å². The molecule has 0 radical (unpaired) electrons. The van der Waals surface area contributed by atoms with E-state index in [9.17, 15) is 13.2 Å². The van der Waals surface area contributed by atoms with Crippen LogP contribution >= 0.6 is 0 Å². The van der Waals surface area contributed by atoms with Crippen molar-refractivity contribution >= 4 is 26.8 Å². The number of sulfone groups is 1. The molecular weight excluding hydrogens is 544 g/mol. The first-order valence-corrected chi connectivity index (χ1v) is 15.7. The molecule has 1 unspecified atom stereocenters. The average molecular weight is 575 g/mol. The van der Waals surface area contributed by atoms with Crippen molar-refractivity contribution in [1.29, 1.82) is 0 Å². The molecule has 4 aromatic rings. The summed E-state index contributed by atoms with van der Waals surface area (Å²) in [5.41, 5.74) is 4.11. The van der Waals surface area contributed by atoms with E-state index in [1.165, 1.54) is 12.3 Å². The van der Waals surface area contributed by atoms with Gasteiger partial charge < -0.3 is 10.1 Å². The smallest absolute Gasteiger partial charge is 0.295 e. The molecular formula is C28H30N8O4S. The predicted octanol–water partition coefficient (Wildman–Crippen LogP) is 3.16. The molecule has 1 aliphatic heterocycles. The maximum atomic E-state index is 13.8. The van der Waals surface area contributed by atoms with E-state index in [1.807, 2.05) is 0 Å². The Balaban J connectivity index is 1.28. The van der Waals surface area contributed by atoms with Crippen LogP contribution in [0.2, 0.25) is 0 Å². The number of pyridine rings is 1. The van der Waals surface area contributed by atoms with Gasteiger partial charge in [0.1, 0.15) is 11.8 Å². The highest BCUT2D eigenvalue weighted by Gasteiger charge is 2.36. The number of ether oxygens (including phenoxy) is 1. The summed E-state index contributed by atoms with van der Waals surface area (Å²) in [5, 5.41) is 3.10. The van der Waals surface area contributed by atoms with Gasteiger partial charge in [-0.1, -0.05) is 6.92 Å². The Kier molecular flexibility index (Phi) is 6.50. The summed E-state index contributed by atoms with van der Waals surface area (Å²) in [6, 6.07) is 2.97. The molecule has 3 aliphatic rings. The summed E-state index contributed by atoms with van der Waals surface area (Å²) < 4.78 is 31.5. The molecule has 0 aromatic carbocycles. The van der Waals surface area contributed by atoms with Crippen LogP contribution in [0.1, 0.15) is 74.0 Å². The van der Waals surface area contributed by atoms with Crippen molar-refractivity contribution in [3.05, 3.63) is 58.3 Å². The van der Waals surface area contributed by atoms with Crippen LogP contribution in [0, 0.1) is 0 Å². The summed E-state index contributed by atoms with van der Waals surface area (Å²) in [4.78, 5) is 41.8. The first-order valence-electron chi connectivity index (χ1n) is 14.1. The molecule has 0 amide bonds. The van der Waals surface area contributed by atoms with E-state index in [-0.39, 0.29) is 34.6 Å². The molecule has 2 saturated carbocycles. The predicted molar refractivity (Wildman–Crippen MR) is 150 cm³/mol. The van der Waals surface area contributed by atoms with Crippen LogP contribution in [0.25, 0.3) is 22.6 Å². The van der Waals surface area contributed by atoms with E-state index in [1.54, 1.807) is 30.1 Å². The number of fused-ring (bicyclic) bond motifs is 1. The average Bonchev–Trinajstić information content (AvgIpc) is 3.94. The van der Waals surface area contributed by atoms with Crippen molar-refractivity contribution in [1.82, 2.24) is 34.5 Å². The molecule has 212 valence electrons. The van der Waals surface area contributed by atoms with Gasteiger partial charge in [-0.3, -0.25) is 14.3 Å². The minimum absolute atomic E-state index is 0.00256. The van der Waals surface area contributed by atoms with Crippen molar-refractivity contribution in [3.8, 4) is 11.4 Å². The Labute approximate surface area is 236 Å². The second-order valence-electron chi connectivity index (χ2n) is 10.9. The fourth-order valence-corrected chi connectivity index (χ4v) is 6.14. The Morgan fingerprint density at radius 3 is 2.34 bits per heavy atom. The van der Waals surface area contributed by atoms with Crippen LogP contribution in [0.4, 0.5) is 5.82 Å². The summed E-state index contributed by atoms with van der Waals surface area (Å²) in [5.74, 6) is 1.47. The van der Waals surface area contributed by atoms with Crippen molar-refractivity contribution in [2.75, 3.05) is 24.3 Å². The van der Waals surface area contributed by atoms with Crippen LogP contribution in [-0.4, -0.2) is 61.9 Å². The monoisotopic (exact) mass is 574 g/mol. The van der Waals surface area contributed by atoms with Gasteiger partial charge in [0.25, 0.3) is 5.56 Å². The van der Waals surface area contributed by atoms with E-state index in [2.05, 4.69) is 25.3 Å². The molecule has 0 bridgehead atoms. The lowest BCUT2D eigenvalue weighted by Crippen LogP contribution is -2.30. The third-order valence-corrected chi connectivity index (χ3v) is 9.65. The Bertz CT molecular complexity index is 1760. The zero-order valence-corrected chi connectivity index (χ0v) is 23.5. The summed E-state index contributed by atoms with van der Waals surface area (Å²) >= 11 is 0. The van der Waals surface area contributed by atoms with Crippen molar-refractivity contribution in [2.45, 2.75) is 68.3 Å². The Morgan fingerprint density at radius 2 is 1.73 bits per heavy atom. The number of aromatic nitrogens is 7. The van der Waals surface area contributed by atoms with Crippen molar-refractivity contribution in [2.24, 2.45) is 0 Å². The van der Waals surface area contributed by atoms with Gasteiger partial charge in [-0.25, -0.2) is 33.3 Å². The summed E-state index contributed by atoms with van der Waals surface area (Å²) in [7, 11) is -3.34. The highest BCUT2D eigenvalue weighted by molar-refractivity contribution is 7.91. The first kappa shape index (κ1) is 26.1. The minimum atomic E-state index is -3.34. The minimum Gasteiger partial charge on any atom is -0.379 e. The first-order chi connectivity index (χ1) is 19.9. The van der Waals surface area contributed by atoms with Crippen molar-refractivity contribution in [3.63, 3.8) is 0 Å². The number of nitrogens with zero attached hydrogens (tertiary/aromatic N) is 7. The Morgan fingerprint density at radius 1 is 0.976 bits per heavy atom. The third kappa shape index (κ3) is 4.97. The van der Waals surface area contributed by atoms with Crippen LogP contribution in [-0.2, 0) is 21.1 Å². The number of nitrogens with one attached hydrogen (secondary N) is 1. The van der Waals surface area contributed by atoms with Gasteiger partial charge >= 0.3 is 0 Å². The van der Waals surface area contributed by atoms with Gasteiger partial charge in [-0.2, -0.15) is 0 Å². The van der Waals surface area contributed by atoms with Gasteiger partial charge in [-0.15, -0.1) is 0 Å². The highest BCUT2D eigenvalue weighted by atomic mass is 32.2. The maximum Gasteiger partial charge on any atom is 0.295 e. The van der Waals surface area contributed by atoms with Crippen LogP contribution in [0.15, 0.2) is 40.5 Å². The van der Waals surface area contributed by atoms with Gasteiger partial charge in [-0.05, 0) is 44.2 Å². The molecule has 4 aromatic heterocycles. The molecule has 3 fully saturated rings. The fourth-order valence-electron chi connectivity index (χ4n) is 5.32. The maximum absolute atomic E-state index is 13.8. The van der Waals surface area contributed by atoms with Crippen LogP contribution in [0.3, 0.4) is 0 Å². The van der Waals surface area contributed by atoms with E-state index in [4.69, 9.17) is 14.7 Å². The molecule has 0 spiro atoms. The molecule has 41 heavy (non-hydrogen) atoms. The van der Waals surface area contributed by atoms with E-state index in [0.717, 1.165) is 42.6 Å². The van der Waals surface area contributed by atoms with Crippen molar-refractivity contribution < 1.29 is 13.2 Å². The lowest BCUT2D eigenvalue weighted by atomic mass is 10.0. The fraction of sp³-hybridized carbons (Fsp3) is 0.464. The molecule has 1 atom stereocenters. The molecule has 7 rings (SSSR count). The molecule has 13 heteroatoms. The second-order valence-corrected chi connectivity index (χ2v) is 13.1. The lowest BCUT2D eigenvalue weighted by Gasteiger charge is -2.18. The number of rotatable bonds is 9. The highest BCUT2D eigenvalue weighted by Crippen LogP contribution is 2.48. The molecule has 12 nitrogen and oxygen atoms in total. The van der Waals surface area contributed by atoms with E-state index in [0.29, 0.717) is 54.2 Å². The third-order valence-electron chi connectivity index (χ3n) is 7.93. The number of anilines is 1. The molecule has 5 heterocycles. The van der Waals surface area contributed by atoms with Gasteiger partial charge in [0.2, 0.25) is 0 Å². The molecule has 2 aliphatic carbocycles. The number of hydrogen-bond acceptors (Lipinski definition) is 11. The van der Waals surface area contributed by atoms with E-state index < -0.39 is 9.84 Å². The molecule has 1 N–H and O–H groups in total. The van der Waals surface area contributed by atoms with Crippen LogP contribution < -0.4 is 10.9 Å². The quantitative estimate of drug-likeness (QED) is 0.313. The summed E-state index contributed by atoms with van der Waals surface area (Å²) in [6.07, 6.45) is 9.71. The normalized spacial score (nSPS) is 19.1. The zero-order chi connectivity index (χ0) is 28.1. The topological polar surface area (TPSA) is 155 Å². The van der Waals surface area contributed by atoms with Gasteiger partial charge in [0.05, 0.1) is 58.7 Å². The Hall–Kier alpha value is -3.84. The standard InChI is InChI=1S/C28H30N8O4S/c1-2-41(38,39)20-8-7-18(29-12-20)11-30-26-28(37)36(19-9-10-40-14-19)27-21(34-26)13-31-25(35-27)22-23(16-3-4-16)32-15-33-24(22)17-5-6-17/h7-8,12-13,15-17,19H,2-6,9-11,14H2,1H3,(H,30,34). The zero-order valence-electron chi connectivity index (χ0n) is 22.7. The van der Waals surface area contributed by atoms with Gasteiger partial charge in [0, 0.05) is 24.6 Å². The largest absolute Gasteiger partial charge is 0.379 e. The second kappa shape index (κ2) is 10.2. The number of hydrogen-bond donors (Lipinski definition) is 1. The summed E-state index contributed by atoms with van der Waals surface area (Å²) in [6.45, 7) is 2.75. The van der Waals surface area contributed by atoms with E-state index >= 15 is 0 Å². The molecule has 1 saturated heterocycles.